The SMILES string of the molecule is FC(F)(F)c1ccc2c(c1)CO[C@H]1CCCNC3C[C@]231. The van der Waals surface area contributed by atoms with Gasteiger partial charge < -0.3 is 10.1 Å². The fourth-order valence-electron chi connectivity index (χ4n) is 3.95. The van der Waals surface area contributed by atoms with Crippen molar-refractivity contribution in [2.24, 2.45) is 0 Å². The van der Waals surface area contributed by atoms with Crippen LogP contribution < -0.4 is 5.32 Å². The standard InChI is InChI=1S/C15H16F3NO/c16-15(17,18)10-3-4-11-9(6-10)8-20-13-2-1-5-19-12-7-14(11,12)13/h3-4,6,12-13,19H,1-2,5,7-8H2/t12?,13-,14-/m0/s1. The lowest BCUT2D eigenvalue weighted by molar-refractivity contribution is -0.137. The van der Waals surface area contributed by atoms with Crippen LogP contribution in [0.15, 0.2) is 18.2 Å². The summed E-state index contributed by atoms with van der Waals surface area (Å²) in [6.07, 6.45) is -1.08. The van der Waals surface area contributed by atoms with E-state index in [-0.39, 0.29) is 11.5 Å². The molecule has 0 amide bonds. The van der Waals surface area contributed by atoms with Gasteiger partial charge in [0.25, 0.3) is 0 Å². The monoisotopic (exact) mass is 283 g/mol. The average Bonchev–Trinajstić information content (AvgIpc) is 3.11. The summed E-state index contributed by atoms with van der Waals surface area (Å²) in [6.45, 7) is 1.28. The van der Waals surface area contributed by atoms with Crippen LogP contribution in [-0.4, -0.2) is 18.7 Å². The van der Waals surface area contributed by atoms with Crippen molar-refractivity contribution in [1.29, 1.82) is 0 Å². The van der Waals surface area contributed by atoms with E-state index in [1.807, 2.05) is 0 Å². The minimum Gasteiger partial charge on any atom is -0.373 e. The second kappa shape index (κ2) is 3.98. The highest BCUT2D eigenvalue weighted by molar-refractivity contribution is 5.47. The first-order chi connectivity index (χ1) is 9.52. The third-order valence-corrected chi connectivity index (χ3v) is 4.99. The zero-order chi connectivity index (χ0) is 14.0. The molecule has 2 fully saturated rings. The largest absolute Gasteiger partial charge is 0.416 e. The van der Waals surface area contributed by atoms with Crippen LogP contribution in [0.25, 0.3) is 0 Å². The minimum absolute atomic E-state index is 0.0752. The Bertz CT molecular complexity index is 557. The van der Waals surface area contributed by atoms with E-state index in [1.54, 1.807) is 6.07 Å². The third-order valence-electron chi connectivity index (χ3n) is 4.99. The fraction of sp³-hybridized carbons (Fsp3) is 0.600. The number of halogens is 3. The van der Waals surface area contributed by atoms with Gasteiger partial charge in [-0.2, -0.15) is 13.2 Å². The van der Waals surface area contributed by atoms with Crippen molar-refractivity contribution in [2.45, 2.75) is 49.6 Å². The quantitative estimate of drug-likeness (QED) is 0.790. The van der Waals surface area contributed by atoms with Gasteiger partial charge in [-0.05, 0) is 49.1 Å². The van der Waals surface area contributed by atoms with Gasteiger partial charge in [-0.3, -0.25) is 0 Å². The molecule has 3 atom stereocenters. The Morgan fingerprint density at radius 2 is 2.15 bits per heavy atom. The summed E-state index contributed by atoms with van der Waals surface area (Å²) in [6, 6.07) is 4.53. The van der Waals surface area contributed by atoms with Gasteiger partial charge in [-0.25, -0.2) is 0 Å². The Hall–Kier alpha value is -1.07. The lowest BCUT2D eigenvalue weighted by atomic mass is 9.81. The van der Waals surface area contributed by atoms with Crippen molar-refractivity contribution >= 4 is 0 Å². The van der Waals surface area contributed by atoms with Crippen LogP contribution in [-0.2, 0) is 22.9 Å². The fourth-order valence-corrected chi connectivity index (χ4v) is 3.95. The number of nitrogens with one attached hydrogen (secondary N) is 1. The zero-order valence-corrected chi connectivity index (χ0v) is 11.0. The molecule has 5 heteroatoms. The van der Waals surface area contributed by atoms with E-state index in [4.69, 9.17) is 4.74 Å². The second-order valence-corrected chi connectivity index (χ2v) is 6.06. The lowest BCUT2D eigenvalue weighted by Crippen LogP contribution is -2.38. The summed E-state index contributed by atoms with van der Waals surface area (Å²) in [5.41, 5.74) is 1.13. The first-order valence-electron chi connectivity index (χ1n) is 7.07. The molecule has 1 saturated carbocycles. The number of fused-ring (bicyclic) bond motifs is 1. The molecule has 3 aliphatic rings. The maximum atomic E-state index is 12.8. The Morgan fingerprint density at radius 1 is 1.30 bits per heavy atom. The molecule has 2 heterocycles. The van der Waals surface area contributed by atoms with E-state index in [0.29, 0.717) is 18.2 Å². The Morgan fingerprint density at radius 3 is 2.95 bits per heavy atom. The van der Waals surface area contributed by atoms with Crippen molar-refractivity contribution < 1.29 is 17.9 Å². The van der Waals surface area contributed by atoms with Gasteiger partial charge in [0.1, 0.15) is 0 Å². The first kappa shape index (κ1) is 12.7. The molecule has 108 valence electrons. The highest BCUT2D eigenvalue weighted by atomic mass is 19.4. The number of benzene rings is 1. The maximum absolute atomic E-state index is 12.8. The summed E-state index contributed by atoms with van der Waals surface area (Å²) in [4.78, 5) is 0. The highest BCUT2D eigenvalue weighted by Gasteiger charge is 2.63. The molecule has 2 nitrogen and oxygen atoms in total. The summed E-state index contributed by atoms with van der Waals surface area (Å²) in [7, 11) is 0. The summed E-state index contributed by atoms with van der Waals surface area (Å²) in [5.74, 6) is 0. The molecule has 1 saturated heterocycles. The van der Waals surface area contributed by atoms with Crippen LogP contribution in [0.1, 0.15) is 36.0 Å². The maximum Gasteiger partial charge on any atom is 0.416 e. The molecule has 4 rings (SSSR count). The summed E-state index contributed by atoms with van der Waals surface area (Å²) >= 11 is 0. The Kier molecular flexibility index (Phi) is 2.52. The van der Waals surface area contributed by atoms with Crippen LogP contribution in [0.4, 0.5) is 13.2 Å². The van der Waals surface area contributed by atoms with Crippen molar-refractivity contribution in [1.82, 2.24) is 5.32 Å². The number of rotatable bonds is 0. The predicted molar refractivity (Wildman–Crippen MR) is 67.3 cm³/mol. The normalized spacial score (nSPS) is 35.5. The van der Waals surface area contributed by atoms with Crippen LogP contribution in [0.2, 0.25) is 0 Å². The molecule has 1 N–H and O–H groups in total. The molecule has 0 bridgehead atoms. The van der Waals surface area contributed by atoms with Crippen molar-refractivity contribution in [3.05, 3.63) is 34.9 Å². The van der Waals surface area contributed by atoms with E-state index < -0.39 is 11.7 Å². The van der Waals surface area contributed by atoms with Crippen LogP contribution in [0.3, 0.4) is 0 Å². The molecule has 0 aromatic heterocycles. The molecule has 1 unspecified atom stereocenters. The first-order valence-corrected chi connectivity index (χ1v) is 7.07. The molecule has 1 aliphatic carbocycles. The van der Waals surface area contributed by atoms with Crippen LogP contribution in [0, 0.1) is 0 Å². The van der Waals surface area contributed by atoms with Gasteiger partial charge in [-0.1, -0.05) is 6.07 Å². The minimum atomic E-state index is -4.28. The molecular formula is C15H16F3NO. The molecule has 20 heavy (non-hydrogen) atoms. The second-order valence-electron chi connectivity index (χ2n) is 6.06. The Labute approximate surface area is 115 Å². The van der Waals surface area contributed by atoms with E-state index in [9.17, 15) is 13.2 Å². The number of hydrogen-bond acceptors (Lipinski definition) is 2. The van der Waals surface area contributed by atoms with Gasteiger partial charge in [0.05, 0.1) is 18.3 Å². The lowest BCUT2D eigenvalue weighted by Gasteiger charge is -2.34. The van der Waals surface area contributed by atoms with Crippen molar-refractivity contribution in [3.8, 4) is 0 Å². The van der Waals surface area contributed by atoms with Crippen molar-refractivity contribution in [2.75, 3.05) is 6.54 Å². The van der Waals surface area contributed by atoms with E-state index in [1.165, 1.54) is 12.1 Å². The third kappa shape index (κ3) is 1.66. The predicted octanol–water partition coefficient (Wildman–Crippen LogP) is 3.00. The van der Waals surface area contributed by atoms with Crippen molar-refractivity contribution in [3.63, 3.8) is 0 Å². The highest BCUT2D eigenvalue weighted by Crippen LogP contribution is 2.57. The van der Waals surface area contributed by atoms with E-state index in [0.717, 1.165) is 31.4 Å². The average molecular weight is 283 g/mol. The number of alkyl halides is 3. The summed E-state index contributed by atoms with van der Waals surface area (Å²) < 4.78 is 44.3. The number of ether oxygens (including phenoxy) is 1. The van der Waals surface area contributed by atoms with Gasteiger partial charge in [0.15, 0.2) is 0 Å². The van der Waals surface area contributed by atoms with Crippen LogP contribution >= 0.6 is 0 Å². The summed E-state index contributed by atoms with van der Waals surface area (Å²) in [5, 5.41) is 3.49. The smallest absolute Gasteiger partial charge is 0.373 e. The molecule has 1 spiro atoms. The van der Waals surface area contributed by atoms with Gasteiger partial charge in [0.2, 0.25) is 0 Å². The zero-order valence-electron chi connectivity index (χ0n) is 11.0. The molecular weight excluding hydrogens is 267 g/mol. The Balaban J connectivity index is 1.78. The molecule has 1 aromatic rings. The molecule has 0 radical (unpaired) electrons. The van der Waals surface area contributed by atoms with E-state index in [2.05, 4.69) is 5.32 Å². The van der Waals surface area contributed by atoms with Crippen LogP contribution in [0.5, 0.6) is 0 Å². The van der Waals surface area contributed by atoms with Gasteiger partial charge in [-0.15, -0.1) is 0 Å². The van der Waals surface area contributed by atoms with E-state index >= 15 is 0 Å². The number of hydrogen-bond donors (Lipinski definition) is 1. The van der Waals surface area contributed by atoms with Gasteiger partial charge >= 0.3 is 6.18 Å². The van der Waals surface area contributed by atoms with Gasteiger partial charge in [0, 0.05) is 11.5 Å². The molecule has 1 aromatic carbocycles. The molecule has 2 aliphatic heterocycles. The topological polar surface area (TPSA) is 21.3 Å².